The van der Waals surface area contributed by atoms with E-state index in [4.69, 9.17) is 0 Å². The number of hydrogen-bond acceptors (Lipinski definition) is 3. The van der Waals surface area contributed by atoms with E-state index in [1.54, 1.807) is 0 Å². The number of benzene rings is 1. The SMILES string of the molecule is O=[N+]([O-])c1ccc(F)c(C2CO2)c1F. The van der Waals surface area contributed by atoms with E-state index in [0.717, 1.165) is 12.1 Å². The summed E-state index contributed by atoms with van der Waals surface area (Å²) in [7, 11) is 0. The molecule has 0 amide bonds. The Morgan fingerprint density at radius 1 is 1.50 bits per heavy atom. The second-order valence-electron chi connectivity index (χ2n) is 2.87. The van der Waals surface area contributed by atoms with Crippen LogP contribution < -0.4 is 0 Å². The maximum absolute atomic E-state index is 13.3. The molecule has 1 unspecified atom stereocenters. The van der Waals surface area contributed by atoms with Crippen LogP contribution in [0.1, 0.15) is 11.7 Å². The van der Waals surface area contributed by atoms with Crippen molar-refractivity contribution in [2.75, 3.05) is 6.61 Å². The standard InChI is InChI=1S/C8H5F2NO3/c9-4-1-2-5(11(12)13)8(10)7(4)6-3-14-6/h1-2,6H,3H2. The quantitative estimate of drug-likeness (QED) is 0.417. The van der Waals surface area contributed by atoms with E-state index in [9.17, 15) is 18.9 Å². The summed E-state index contributed by atoms with van der Waals surface area (Å²) in [6.07, 6.45) is -0.671. The van der Waals surface area contributed by atoms with Gasteiger partial charge < -0.3 is 4.74 Å². The second-order valence-corrected chi connectivity index (χ2v) is 2.87. The van der Waals surface area contributed by atoms with Crippen LogP contribution in [0, 0.1) is 21.7 Å². The minimum absolute atomic E-state index is 0.203. The number of halogens is 2. The van der Waals surface area contributed by atoms with Crippen LogP contribution in [0.5, 0.6) is 0 Å². The first-order valence-corrected chi connectivity index (χ1v) is 3.85. The van der Waals surface area contributed by atoms with E-state index in [0.29, 0.717) is 0 Å². The van der Waals surface area contributed by atoms with Gasteiger partial charge in [-0.25, -0.2) is 4.39 Å². The van der Waals surface area contributed by atoms with E-state index in [2.05, 4.69) is 4.74 Å². The number of nitro groups is 1. The maximum atomic E-state index is 13.3. The van der Waals surface area contributed by atoms with Crippen molar-refractivity contribution in [1.29, 1.82) is 0 Å². The van der Waals surface area contributed by atoms with Gasteiger partial charge in [0.25, 0.3) is 0 Å². The molecule has 2 rings (SSSR count). The molecule has 1 heterocycles. The van der Waals surface area contributed by atoms with Crippen LogP contribution in [-0.2, 0) is 4.74 Å². The fourth-order valence-electron chi connectivity index (χ4n) is 1.21. The van der Waals surface area contributed by atoms with Gasteiger partial charge in [-0.1, -0.05) is 0 Å². The van der Waals surface area contributed by atoms with Crippen molar-refractivity contribution in [3.05, 3.63) is 39.4 Å². The Morgan fingerprint density at radius 2 is 2.14 bits per heavy atom. The maximum Gasteiger partial charge on any atom is 0.305 e. The predicted octanol–water partition coefficient (Wildman–Crippen LogP) is 1.94. The molecule has 1 aliphatic rings. The van der Waals surface area contributed by atoms with Crippen molar-refractivity contribution in [2.24, 2.45) is 0 Å². The van der Waals surface area contributed by atoms with Gasteiger partial charge in [0.05, 0.1) is 17.1 Å². The van der Waals surface area contributed by atoms with E-state index >= 15 is 0 Å². The Bertz CT molecular complexity index is 404. The van der Waals surface area contributed by atoms with Crippen LogP contribution in [-0.4, -0.2) is 11.5 Å². The Balaban J connectivity index is 2.56. The van der Waals surface area contributed by atoms with Crippen molar-refractivity contribution >= 4 is 5.69 Å². The summed E-state index contributed by atoms with van der Waals surface area (Å²) >= 11 is 0. The predicted molar refractivity (Wildman–Crippen MR) is 41.7 cm³/mol. The molecular weight excluding hydrogens is 196 g/mol. The van der Waals surface area contributed by atoms with Crippen molar-refractivity contribution in [1.82, 2.24) is 0 Å². The Labute approximate surface area is 77.3 Å². The number of nitro benzene ring substituents is 1. The zero-order valence-electron chi connectivity index (χ0n) is 6.87. The molecule has 6 heteroatoms. The van der Waals surface area contributed by atoms with Gasteiger partial charge in [-0.3, -0.25) is 10.1 Å². The molecule has 0 saturated carbocycles. The van der Waals surface area contributed by atoms with E-state index in [1.165, 1.54) is 0 Å². The zero-order chi connectivity index (χ0) is 10.3. The molecular formula is C8H5F2NO3. The molecule has 0 spiro atoms. The van der Waals surface area contributed by atoms with Gasteiger partial charge in [0.2, 0.25) is 5.82 Å². The largest absolute Gasteiger partial charge is 0.368 e. The molecule has 0 radical (unpaired) electrons. The molecule has 1 aliphatic heterocycles. The summed E-state index contributed by atoms with van der Waals surface area (Å²) in [5.74, 6) is -1.95. The van der Waals surface area contributed by atoms with Crippen molar-refractivity contribution in [3.63, 3.8) is 0 Å². The highest BCUT2D eigenvalue weighted by Crippen LogP contribution is 2.36. The van der Waals surface area contributed by atoms with Gasteiger partial charge in [0, 0.05) is 6.07 Å². The third-order valence-electron chi connectivity index (χ3n) is 1.96. The lowest BCUT2D eigenvalue weighted by Gasteiger charge is -2.01. The van der Waals surface area contributed by atoms with Gasteiger partial charge in [-0.2, -0.15) is 4.39 Å². The molecule has 1 saturated heterocycles. The van der Waals surface area contributed by atoms with Crippen LogP contribution in [0.3, 0.4) is 0 Å². The topological polar surface area (TPSA) is 55.7 Å². The number of ether oxygens (including phenoxy) is 1. The highest BCUT2D eigenvalue weighted by molar-refractivity contribution is 5.39. The lowest BCUT2D eigenvalue weighted by molar-refractivity contribution is -0.387. The van der Waals surface area contributed by atoms with Crippen LogP contribution in [0.25, 0.3) is 0 Å². The molecule has 1 fully saturated rings. The molecule has 74 valence electrons. The third kappa shape index (κ3) is 1.33. The van der Waals surface area contributed by atoms with Crippen molar-refractivity contribution < 1.29 is 18.4 Å². The van der Waals surface area contributed by atoms with E-state index in [1.807, 2.05) is 0 Å². The van der Waals surface area contributed by atoms with Gasteiger partial charge in [-0.15, -0.1) is 0 Å². The molecule has 0 bridgehead atoms. The summed E-state index contributed by atoms with van der Waals surface area (Å²) in [6, 6.07) is 1.68. The molecule has 4 nitrogen and oxygen atoms in total. The molecule has 14 heavy (non-hydrogen) atoms. The first-order chi connectivity index (χ1) is 6.61. The number of hydrogen-bond donors (Lipinski definition) is 0. The van der Waals surface area contributed by atoms with E-state index in [-0.39, 0.29) is 12.2 Å². The molecule has 0 N–H and O–H groups in total. The fourth-order valence-corrected chi connectivity index (χ4v) is 1.21. The van der Waals surface area contributed by atoms with Gasteiger partial charge in [-0.05, 0) is 6.07 Å². The summed E-state index contributed by atoms with van der Waals surface area (Å²) < 4.78 is 31.0. The van der Waals surface area contributed by atoms with Crippen LogP contribution in [0.2, 0.25) is 0 Å². The average molecular weight is 201 g/mol. The molecule has 1 atom stereocenters. The minimum atomic E-state index is -1.14. The molecule has 0 aromatic heterocycles. The lowest BCUT2D eigenvalue weighted by Crippen LogP contribution is -2.00. The minimum Gasteiger partial charge on any atom is -0.368 e. The Kier molecular flexibility index (Phi) is 1.92. The highest BCUT2D eigenvalue weighted by Gasteiger charge is 2.34. The van der Waals surface area contributed by atoms with Crippen LogP contribution >= 0.6 is 0 Å². The van der Waals surface area contributed by atoms with Gasteiger partial charge >= 0.3 is 5.69 Å². The smallest absolute Gasteiger partial charge is 0.305 e. The van der Waals surface area contributed by atoms with Gasteiger partial charge in [0.15, 0.2) is 0 Å². The summed E-state index contributed by atoms with van der Waals surface area (Å²) in [4.78, 5) is 9.44. The number of rotatable bonds is 2. The number of epoxide rings is 1. The third-order valence-corrected chi connectivity index (χ3v) is 1.96. The van der Waals surface area contributed by atoms with Crippen LogP contribution in [0.15, 0.2) is 12.1 Å². The normalized spacial score (nSPS) is 19.4. The molecule has 1 aromatic rings. The molecule has 0 aliphatic carbocycles. The number of nitrogens with zero attached hydrogens (tertiary/aromatic N) is 1. The fraction of sp³-hybridized carbons (Fsp3) is 0.250. The average Bonchev–Trinajstić information content (AvgIpc) is 2.87. The van der Waals surface area contributed by atoms with E-state index < -0.39 is 28.3 Å². The zero-order valence-corrected chi connectivity index (χ0v) is 6.87. The monoisotopic (exact) mass is 201 g/mol. The molecule has 1 aromatic carbocycles. The van der Waals surface area contributed by atoms with Gasteiger partial charge in [0.1, 0.15) is 11.9 Å². The Hall–Kier alpha value is -1.56. The Morgan fingerprint density at radius 3 is 2.64 bits per heavy atom. The first-order valence-electron chi connectivity index (χ1n) is 3.85. The highest BCUT2D eigenvalue weighted by atomic mass is 19.1. The summed E-state index contributed by atoms with van der Waals surface area (Å²) in [6.45, 7) is 0.203. The van der Waals surface area contributed by atoms with Crippen molar-refractivity contribution in [2.45, 2.75) is 6.10 Å². The van der Waals surface area contributed by atoms with Crippen LogP contribution in [0.4, 0.5) is 14.5 Å². The second kappa shape index (κ2) is 2.98. The summed E-state index contributed by atoms with van der Waals surface area (Å²) in [5, 5.41) is 10.3. The summed E-state index contributed by atoms with van der Waals surface area (Å²) in [5.41, 5.74) is -1.07. The first kappa shape index (κ1) is 9.01. The lowest BCUT2D eigenvalue weighted by atomic mass is 10.1. The van der Waals surface area contributed by atoms with Crippen molar-refractivity contribution in [3.8, 4) is 0 Å².